The molecule has 0 spiro atoms. The van der Waals surface area contributed by atoms with Gasteiger partial charge in [0.25, 0.3) is 0 Å². The van der Waals surface area contributed by atoms with Crippen molar-refractivity contribution in [2.75, 3.05) is 12.4 Å². The Balaban J connectivity index is 0.000000328. The first-order valence-electron chi connectivity index (χ1n) is 13.3. The van der Waals surface area contributed by atoms with Crippen molar-refractivity contribution in [2.45, 2.75) is 79.6 Å². The maximum atomic E-state index is 4.15. The first kappa shape index (κ1) is 30.5. The van der Waals surface area contributed by atoms with Crippen LogP contribution in [0.5, 0.6) is 0 Å². The minimum Gasteiger partial charge on any atom is -0.380 e. The summed E-state index contributed by atoms with van der Waals surface area (Å²) in [6, 6.07) is 19.7. The van der Waals surface area contributed by atoms with Crippen LogP contribution in [0.4, 0.5) is 5.00 Å². The lowest BCUT2D eigenvalue weighted by atomic mass is 9.95. The molecule has 2 heteroatoms. The molecule has 0 unspecified atom stereocenters. The highest BCUT2D eigenvalue weighted by Gasteiger charge is 2.09. The van der Waals surface area contributed by atoms with Gasteiger partial charge in [-0.05, 0) is 78.0 Å². The molecule has 1 nitrogen and oxygen atoms in total. The van der Waals surface area contributed by atoms with Gasteiger partial charge in [-0.2, -0.15) is 0 Å². The van der Waals surface area contributed by atoms with Gasteiger partial charge in [-0.1, -0.05) is 102 Å². The molecule has 0 fully saturated rings. The van der Waals surface area contributed by atoms with Crippen molar-refractivity contribution in [1.82, 2.24) is 0 Å². The van der Waals surface area contributed by atoms with Crippen molar-refractivity contribution in [3.8, 4) is 11.1 Å². The lowest BCUT2D eigenvalue weighted by Crippen LogP contribution is -1.93. The number of allylic oxidation sites excluding steroid dienone is 2. The van der Waals surface area contributed by atoms with Crippen LogP contribution >= 0.6 is 11.3 Å². The molecule has 3 rings (SSSR count). The van der Waals surface area contributed by atoms with Gasteiger partial charge < -0.3 is 5.32 Å². The highest BCUT2D eigenvalue weighted by atomic mass is 32.1. The van der Waals surface area contributed by atoms with Gasteiger partial charge in [0, 0.05) is 11.9 Å². The summed E-state index contributed by atoms with van der Waals surface area (Å²) in [6.45, 7) is 18.6. The van der Waals surface area contributed by atoms with Crippen molar-refractivity contribution in [2.24, 2.45) is 0 Å². The van der Waals surface area contributed by atoms with Crippen LogP contribution in [0.3, 0.4) is 0 Å². The van der Waals surface area contributed by atoms with E-state index in [4.69, 9.17) is 0 Å². The lowest BCUT2D eigenvalue weighted by molar-refractivity contribution is 0.805. The normalized spacial score (nSPS) is 9.89. The molecule has 0 aliphatic rings. The molecule has 0 saturated carbocycles. The number of aryl methyl sites for hydroxylation is 3. The average molecular weight is 490 g/mol. The van der Waals surface area contributed by atoms with Crippen LogP contribution in [0.25, 0.3) is 16.7 Å². The fraction of sp³-hybridized carbons (Fsp3) is 0.394. The van der Waals surface area contributed by atoms with E-state index in [2.05, 4.69) is 93.8 Å². The minimum absolute atomic E-state index is 1.01. The number of benzene rings is 2. The van der Waals surface area contributed by atoms with Crippen LogP contribution in [-0.2, 0) is 19.3 Å². The van der Waals surface area contributed by atoms with Gasteiger partial charge >= 0.3 is 0 Å². The summed E-state index contributed by atoms with van der Waals surface area (Å²) < 4.78 is 0. The summed E-state index contributed by atoms with van der Waals surface area (Å²) in [7, 11) is 1.99. The number of nitrogens with one attached hydrogen (secondary N) is 1. The largest absolute Gasteiger partial charge is 0.380 e. The zero-order valence-corrected chi connectivity index (χ0v) is 23.9. The Labute approximate surface area is 220 Å². The topological polar surface area (TPSA) is 12.0 Å². The molecule has 0 radical (unpaired) electrons. The number of anilines is 1. The second-order valence-electron chi connectivity index (χ2n) is 8.29. The molecule has 0 bridgehead atoms. The molecule has 0 amide bonds. The molecule has 0 aliphatic heterocycles. The van der Waals surface area contributed by atoms with Crippen molar-refractivity contribution in [1.29, 1.82) is 0 Å². The van der Waals surface area contributed by atoms with Crippen LogP contribution in [0, 0.1) is 0 Å². The third-order valence-corrected chi connectivity index (χ3v) is 7.14. The lowest BCUT2D eigenvalue weighted by Gasteiger charge is -2.10. The molecule has 35 heavy (non-hydrogen) atoms. The monoisotopic (exact) mass is 489 g/mol. The van der Waals surface area contributed by atoms with E-state index in [1.165, 1.54) is 62.5 Å². The Morgan fingerprint density at radius 2 is 1.63 bits per heavy atom. The fourth-order valence-electron chi connectivity index (χ4n) is 3.88. The summed E-state index contributed by atoms with van der Waals surface area (Å²) in [5.41, 5.74) is 8.15. The number of unbranched alkanes of at least 4 members (excludes halogenated alkanes) is 1. The standard InChI is InChI=1S/C16H22.C15H19NS.C2H6/c1-5-8-9-13(4)16-11-10-14(6-2)15(7-3)12-16;1-3-4-10-14-13(11-15(16-2)17-14)12-8-6-5-7-9-12;1-2/h5,10-12H,1,4,6-9H2,2-3H3;5-9,11,16H,3-4,10H2,1-2H3;1-2H3. The first-order chi connectivity index (χ1) is 17.1. The van der Waals surface area contributed by atoms with E-state index in [-0.39, 0.29) is 0 Å². The quantitative estimate of drug-likeness (QED) is 0.264. The van der Waals surface area contributed by atoms with E-state index in [1.807, 2.05) is 38.3 Å². The van der Waals surface area contributed by atoms with Gasteiger partial charge in [0.05, 0.1) is 5.00 Å². The van der Waals surface area contributed by atoms with Gasteiger partial charge in [-0.3, -0.25) is 0 Å². The SMILES string of the molecule is C=CCCC(=C)c1ccc(CC)c(CC)c1.CC.CCCCc1sc(NC)cc1-c1ccccc1. The Morgan fingerprint density at radius 3 is 2.20 bits per heavy atom. The van der Waals surface area contributed by atoms with Gasteiger partial charge in [0.1, 0.15) is 0 Å². The molecular formula is C33H47NS. The summed E-state index contributed by atoms with van der Waals surface area (Å²) in [4.78, 5) is 1.50. The van der Waals surface area contributed by atoms with Crippen LogP contribution in [0.1, 0.15) is 81.9 Å². The van der Waals surface area contributed by atoms with Gasteiger partial charge in [0.15, 0.2) is 0 Å². The predicted octanol–water partition coefficient (Wildman–Crippen LogP) is 10.6. The zero-order chi connectivity index (χ0) is 26.1. The van der Waals surface area contributed by atoms with E-state index in [9.17, 15) is 0 Å². The smallest absolute Gasteiger partial charge is 0.0889 e. The molecule has 2 aromatic carbocycles. The predicted molar refractivity (Wildman–Crippen MR) is 163 cm³/mol. The second-order valence-corrected chi connectivity index (χ2v) is 9.43. The third kappa shape index (κ3) is 9.90. The van der Waals surface area contributed by atoms with Crippen LogP contribution in [-0.4, -0.2) is 7.05 Å². The van der Waals surface area contributed by atoms with Crippen molar-refractivity contribution in [3.63, 3.8) is 0 Å². The van der Waals surface area contributed by atoms with Crippen molar-refractivity contribution in [3.05, 3.63) is 95.4 Å². The van der Waals surface area contributed by atoms with E-state index in [0.29, 0.717) is 0 Å². The van der Waals surface area contributed by atoms with E-state index in [1.54, 1.807) is 0 Å². The molecule has 3 aromatic rings. The molecular weight excluding hydrogens is 442 g/mol. The molecule has 0 atom stereocenters. The first-order valence-corrected chi connectivity index (χ1v) is 14.2. The number of hydrogen-bond donors (Lipinski definition) is 1. The second kappa shape index (κ2) is 17.8. The third-order valence-electron chi connectivity index (χ3n) is 5.92. The highest BCUT2D eigenvalue weighted by Crippen LogP contribution is 2.35. The molecule has 0 saturated heterocycles. The minimum atomic E-state index is 1.01. The Hall–Kier alpha value is -2.58. The van der Waals surface area contributed by atoms with Crippen molar-refractivity contribution < 1.29 is 0 Å². The maximum absolute atomic E-state index is 4.15. The Kier molecular flexibility index (Phi) is 15.5. The molecule has 190 valence electrons. The fourth-order valence-corrected chi connectivity index (χ4v) is 4.95. The number of thiophene rings is 1. The van der Waals surface area contributed by atoms with E-state index < -0.39 is 0 Å². The maximum Gasteiger partial charge on any atom is 0.0889 e. The average Bonchev–Trinajstić information content (AvgIpc) is 3.35. The summed E-state index contributed by atoms with van der Waals surface area (Å²) >= 11 is 1.88. The molecule has 1 N–H and O–H groups in total. The Bertz CT molecular complexity index is 997. The summed E-state index contributed by atoms with van der Waals surface area (Å²) in [5, 5.41) is 4.51. The zero-order valence-electron chi connectivity index (χ0n) is 23.0. The van der Waals surface area contributed by atoms with Crippen LogP contribution < -0.4 is 5.32 Å². The van der Waals surface area contributed by atoms with Gasteiger partial charge in [-0.25, -0.2) is 0 Å². The van der Waals surface area contributed by atoms with E-state index in [0.717, 1.165) is 25.7 Å². The molecule has 0 aliphatic carbocycles. The number of hydrogen-bond acceptors (Lipinski definition) is 2. The van der Waals surface area contributed by atoms with Gasteiger partial charge in [-0.15, -0.1) is 17.9 Å². The van der Waals surface area contributed by atoms with Crippen molar-refractivity contribution >= 4 is 21.9 Å². The van der Waals surface area contributed by atoms with Gasteiger partial charge in [0.2, 0.25) is 0 Å². The molecule has 1 heterocycles. The van der Waals surface area contributed by atoms with E-state index >= 15 is 0 Å². The van der Waals surface area contributed by atoms with Crippen LogP contribution in [0.15, 0.2) is 73.8 Å². The van der Waals surface area contributed by atoms with Crippen LogP contribution in [0.2, 0.25) is 0 Å². The highest BCUT2D eigenvalue weighted by molar-refractivity contribution is 7.16. The summed E-state index contributed by atoms with van der Waals surface area (Å²) in [5.74, 6) is 0. The Morgan fingerprint density at radius 1 is 0.943 bits per heavy atom. The number of rotatable bonds is 11. The summed E-state index contributed by atoms with van der Waals surface area (Å²) in [6.07, 6.45) is 9.90. The molecule has 1 aromatic heterocycles.